The lowest BCUT2D eigenvalue weighted by atomic mass is 9.80. The van der Waals surface area contributed by atoms with Gasteiger partial charge in [-0.1, -0.05) is 12.1 Å². The van der Waals surface area contributed by atoms with Gasteiger partial charge in [0.1, 0.15) is 5.75 Å². The molecule has 5 nitrogen and oxygen atoms in total. The molecule has 0 unspecified atom stereocenters. The number of esters is 1. The number of hydrogen-bond acceptors (Lipinski definition) is 4. The van der Waals surface area contributed by atoms with Gasteiger partial charge in [0.15, 0.2) is 0 Å². The summed E-state index contributed by atoms with van der Waals surface area (Å²) in [4.78, 5) is 24.1. The highest BCUT2D eigenvalue weighted by atomic mass is 19.4. The lowest BCUT2D eigenvalue weighted by Crippen LogP contribution is -2.28. The van der Waals surface area contributed by atoms with Crippen LogP contribution >= 0.6 is 0 Å². The Morgan fingerprint density at radius 2 is 1.87 bits per heavy atom. The first-order chi connectivity index (χ1) is 14.2. The van der Waals surface area contributed by atoms with Crippen molar-refractivity contribution in [1.29, 1.82) is 0 Å². The van der Waals surface area contributed by atoms with Crippen LogP contribution in [0.1, 0.15) is 36.0 Å². The molecule has 1 heterocycles. The van der Waals surface area contributed by atoms with E-state index in [0.29, 0.717) is 17.0 Å². The second-order valence-electron chi connectivity index (χ2n) is 7.18. The number of benzene rings is 2. The normalized spacial score (nSPS) is 18.8. The zero-order valence-electron chi connectivity index (χ0n) is 16.6. The van der Waals surface area contributed by atoms with E-state index in [0.717, 1.165) is 17.7 Å². The van der Waals surface area contributed by atoms with Crippen molar-refractivity contribution in [3.05, 3.63) is 59.2 Å². The third kappa shape index (κ3) is 4.93. The molecule has 0 saturated carbocycles. The Hall–Kier alpha value is -3.03. The van der Waals surface area contributed by atoms with Crippen LogP contribution in [0.3, 0.4) is 0 Å². The molecule has 160 valence electrons. The van der Waals surface area contributed by atoms with Gasteiger partial charge >= 0.3 is 12.1 Å². The summed E-state index contributed by atoms with van der Waals surface area (Å²) in [6.45, 7) is 1.33. The van der Waals surface area contributed by atoms with Crippen LogP contribution in [0.2, 0.25) is 0 Å². The molecule has 1 N–H and O–H groups in total. The number of carbonyl (C=O) groups excluding carboxylic acids is 2. The van der Waals surface area contributed by atoms with Gasteiger partial charge in [-0.3, -0.25) is 9.59 Å². The number of rotatable bonds is 5. The standard InChI is InChI=1S/C22H22F3NO4/c1-13(27)30-10-9-18-19(14-3-6-17(29-2)7-4-14)12-15-11-16(22(23,24)25)5-8-20(15)26-21(18)28/h3-8,11,18-19H,9-10,12H2,1-2H3,(H,26,28)/t18-,19+/m0/s1. The van der Waals surface area contributed by atoms with Crippen LogP contribution in [0.25, 0.3) is 0 Å². The molecule has 1 aliphatic rings. The summed E-state index contributed by atoms with van der Waals surface area (Å²) in [6, 6.07) is 10.4. The highest BCUT2D eigenvalue weighted by Gasteiger charge is 2.36. The van der Waals surface area contributed by atoms with Crippen LogP contribution in [0, 0.1) is 5.92 Å². The minimum atomic E-state index is -4.48. The van der Waals surface area contributed by atoms with Crippen molar-refractivity contribution in [3.8, 4) is 5.75 Å². The number of alkyl halides is 3. The number of methoxy groups -OCH3 is 1. The minimum Gasteiger partial charge on any atom is -0.497 e. The molecule has 3 rings (SSSR count). The molecule has 0 aromatic heterocycles. The fourth-order valence-electron chi connectivity index (χ4n) is 3.71. The number of ether oxygens (including phenoxy) is 2. The Balaban J connectivity index is 1.99. The van der Waals surface area contributed by atoms with E-state index in [1.54, 1.807) is 24.3 Å². The summed E-state index contributed by atoms with van der Waals surface area (Å²) in [5.74, 6) is -1.12. The molecule has 1 aliphatic heterocycles. The Labute approximate surface area is 172 Å². The zero-order valence-corrected chi connectivity index (χ0v) is 16.6. The summed E-state index contributed by atoms with van der Waals surface area (Å²) in [6.07, 6.45) is -3.99. The molecule has 0 saturated heterocycles. The number of anilines is 1. The van der Waals surface area contributed by atoms with Crippen LogP contribution < -0.4 is 10.1 Å². The first-order valence-electron chi connectivity index (χ1n) is 9.47. The molecule has 0 radical (unpaired) electrons. The summed E-state index contributed by atoms with van der Waals surface area (Å²) in [5, 5.41) is 2.74. The second kappa shape index (κ2) is 8.77. The van der Waals surface area contributed by atoms with E-state index in [2.05, 4.69) is 5.32 Å². The number of hydrogen-bond donors (Lipinski definition) is 1. The number of carbonyl (C=O) groups is 2. The van der Waals surface area contributed by atoms with E-state index in [9.17, 15) is 22.8 Å². The molecule has 8 heteroatoms. The smallest absolute Gasteiger partial charge is 0.416 e. The number of halogens is 3. The fraction of sp³-hybridized carbons (Fsp3) is 0.364. The lowest BCUT2D eigenvalue weighted by Gasteiger charge is -2.24. The van der Waals surface area contributed by atoms with E-state index >= 15 is 0 Å². The molecular formula is C22H22F3NO4. The predicted octanol–water partition coefficient (Wildman–Crippen LogP) is 4.56. The van der Waals surface area contributed by atoms with Crippen molar-refractivity contribution >= 4 is 17.6 Å². The monoisotopic (exact) mass is 421 g/mol. The number of amides is 1. The first kappa shape index (κ1) is 21.7. The Morgan fingerprint density at radius 3 is 2.47 bits per heavy atom. The molecule has 0 spiro atoms. The molecule has 2 atom stereocenters. The van der Waals surface area contributed by atoms with Gasteiger partial charge in [0.2, 0.25) is 5.91 Å². The van der Waals surface area contributed by atoms with E-state index in [-0.39, 0.29) is 25.4 Å². The third-order valence-corrected chi connectivity index (χ3v) is 5.23. The Morgan fingerprint density at radius 1 is 1.17 bits per heavy atom. The third-order valence-electron chi connectivity index (χ3n) is 5.23. The van der Waals surface area contributed by atoms with E-state index in [1.165, 1.54) is 20.1 Å². The fourth-order valence-corrected chi connectivity index (χ4v) is 3.71. The van der Waals surface area contributed by atoms with Gasteiger partial charge in [0.25, 0.3) is 0 Å². The van der Waals surface area contributed by atoms with Crippen molar-refractivity contribution in [2.45, 2.75) is 31.9 Å². The maximum Gasteiger partial charge on any atom is 0.416 e. The molecule has 2 aromatic carbocycles. The van der Waals surface area contributed by atoms with Crippen molar-refractivity contribution in [1.82, 2.24) is 0 Å². The van der Waals surface area contributed by atoms with Crippen molar-refractivity contribution in [2.24, 2.45) is 5.92 Å². The SMILES string of the molecule is COc1ccc([C@H]2Cc3cc(C(F)(F)F)ccc3NC(=O)[C@H]2CCOC(C)=O)cc1. The largest absolute Gasteiger partial charge is 0.497 e. The summed E-state index contributed by atoms with van der Waals surface area (Å²) < 4.78 is 49.8. The maximum atomic E-state index is 13.2. The van der Waals surface area contributed by atoms with Crippen molar-refractivity contribution < 1.29 is 32.2 Å². The van der Waals surface area contributed by atoms with Crippen LogP contribution in [0.5, 0.6) is 5.75 Å². The van der Waals surface area contributed by atoms with Gasteiger partial charge < -0.3 is 14.8 Å². The molecule has 1 amide bonds. The topological polar surface area (TPSA) is 64.6 Å². The van der Waals surface area contributed by atoms with Gasteiger partial charge in [-0.15, -0.1) is 0 Å². The van der Waals surface area contributed by atoms with Crippen LogP contribution in [0.4, 0.5) is 18.9 Å². The van der Waals surface area contributed by atoms with Crippen molar-refractivity contribution in [3.63, 3.8) is 0 Å². The molecule has 0 bridgehead atoms. The van der Waals surface area contributed by atoms with Gasteiger partial charge in [-0.2, -0.15) is 13.2 Å². The van der Waals surface area contributed by atoms with Crippen LogP contribution in [0.15, 0.2) is 42.5 Å². The lowest BCUT2D eigenvalue weighted by molar-refractivity contribution is -0.142. The second-order valence-corrected chi connectivity index (χ2v) is 7.18. The Kier molecular flexibility index (Phi) is 6.34. The minimum absolute atomic E-state index is 0.0459. The molecule has 0 aliphatic carbocycles. The number of nitrogens with one attached hydrogen (secondary N) is 1. The zero-order chi connectivity index (χ0) is 21.9. The van der Waals surface area contributed by atoms with Crippen LogP contribution in [-0.4, -0.2) is 25.6 Å². The highest BCUT2D eigenvalue weighted by Crippen LogP contribution is 2.40. The highest BCUT2D eigenvalue weighted by molar-refractivity contribution is 5.95. The summed E-state index contributed by atoms with van der Waals surface area (Å²) >= 11 is 0. The summed E-state index contributed by atoms with van der Waals surface area (Å²) in [5.41, 5.74) is 0.807. The van der Waals surface area contributed by atoms with E-state index in [4.69, 9.17) is 9.47 Å². The molecular weight excluding hydrogens is 399 g/mol. The quantitative estimate of drug-likeness (QED) is 0.719. The average molecular weight is 421 g/mol. The van der Waals surface area contributed by atoms with E-state index in [1.807, 2.05) is 0 Å². The molecule has 0 fully saturated rings. The first-order valence-corrected chi connectivity index (χ1v) is 9.47. The molecule has 30 heavy (non-hydrogen) atoms. The van der Waals surface area contributed by atoms with Crippen molar-refractivity contribution in [2.75, 3.05) is 19.0 Å². The summed E-state index contributed by atoms with van der Waals surface area (Å²) in [7, 11) is 1.53. The maximum absolute atomic E-state index is 13.2. The van der Waals surface area contributed by atoms with Gasteiger partial charge in [-0.05, 0) is 60.2 Å². The van der Waals surface area contributed by atoms with Gasteiger partial charge in [0, 0.05) is 18.5 Å². The average Bonchev–Trinajstić information content (AvgIpc) is 2.83. The van der Waals surface area contributed by atoms with E-state index < -0.39 is 29.5 Å². The number of fused-ring (bicyclic) bond motifs is 1. The molecule has 2 aromatic rings. The Bertz CT molecular complexity index is 925. The van der Waals surface area contributed by atoms with Crippen LogP contribution in [-0.2, 0) is 26.9 Å². The van der Waals surface area contributed by atoms with Gasteiger partial charge in [0.05, 0.1) is 19.3 Å². The predicted molar refractivity (Wildman–Crippen MR) is 104 cm³/mol. The van der Waals surface area contributed by atoms with Gasteiger partial charge in [-0.25, -0.2) is 0 Å².